The van der Waals surface area contributed by atoms with Crippen molar-refractivity contribution in [2.45, 2.75) is 57.1 Å². The Labute approximate surface area is 115 Å². The molecule has 0 aromatic carbocycles. The average molecular weight is 264 g/mol. The third-order valence-corrected chi connectivity index (χ3v) is 4.76. The topological polar surface area (TPSA) is 24.9 Å². The van der Waals surface area contributed by atoms with Gasteiger partial charge >= 0.3 is 0 Å². The van der Waals surface area contributed by atoms with Crippen molar-refractivity contribution in [2.24, 2.45) is 5.92 Å². The molecular formula is C15H24N2S. The number of hydrogen-bond donors (Lipinski definition) is 1. The van der Waals surface area contributed by atoms with Gasteiger partial charge in [-0.05, 0) is 30.4 Å². The first kappa shape index (κ1) is 13.9. The van der Waals surface area contributed by atoms with E-state index in [-0.39, 0.29) is 0 Å². The standard InChI is InChI=1S/C15H24N2S/c1-12(2)17-10-14-8-5-9-16-15(14)18-11-13-6-3-4-7-13/h5,8-9,12-13,17H,3-4,6-7,10-11H2,1-2H3. The molecule has 1 heterocycles. The van der Waals surface area contributed by atoms with Crippen LogP contribution in [0.2, 0.25) is 0 Å². The fourth-order valence-corrected chi connectivity index (χ4v) is 3.56. The smallest absolute Gasteiger partial charge is 0.100 e. The molecule has 0 amide bonds. The van der Waals surface area contributed by atoms with Gasteiger partial charge in [-0.15, -0.1) is 11.8 Å². The normalized spacial score (nSPS) is 16.6. The van der Waals surface area contributed by atoms with Crippen molar-refractivity contribution < 1.29 is 0 Å². The molecule has 0 radical (unpaired) electrons. The van der Waals surface area contributed by atoms with Crippen LogP contribution in [0.15, 0.2) is 23.4 Å². The minimum absolute atomic E-state index is 0.526. The van der Waals surface area contributed by atoms with Crippen molar-refractivity contribution >= 4 is 11.8 Å². The predicted molar refractivity (Wildman–Crippen MR) is 78.9 cm³/mol. The van der Waals surface area contributed by atoms with E-state index < -0.39 is 0 Å². The largest absolute Gasteiger partial charge is 0.310 e. The van der Waals surface area contributed by atoms with Gasteiger partial charge in [-0.1, -0.05) is 32.8 Å². The second kappa shape index (κ2) is 7.15. The van der Waals surface area contributed by atoms with Gasteiger partial charge in [0.25, 0.3) is 0 Å². The van der Waals surface area contributed by atoms with E-state index in [0.717, 1.165) is 12.5 Å². The van der Waals surface area contributed by atoms with Gasteiger partial charge < -0.3 is 5.32 Å². The van der Waals surface area contributed by atoms with E-state index in [1.54, 1.807) is 0 Å². The molecule has 1 aromatic rings. The SMILES string of the molecule is CC(C)NCc1cccnc1SCC1CCCC1. The van der Waals surface area contributed by atoms with Gasteiger partial charge in [0, 0.05) is 24.5 Å². The van der Waals surface area contributed by atoms with E-state index in [0.29, 0.717) is 6.04 Å². The summed E-state index contributed by atoms with van der Waals surface area (Å²) in [6, 6.07) is 4.76. The zero-order chi connectivity index (χ0) is 12.8. The third-order valence-electron chi connectivity index (χ3n) is 3.48. The highest BCUT2D eigenvalue weighted by atomic mass is 32.2. The first-order valence-corrected chi connectivity index (χ1v) is 8.04. The molecule has 0 spiro atoms. The van der Waals surface area contributed by atoms with Gasteiger partial charge in [0.15, 0.2) is 0 Å². The van der Waals surface area contributed by atoms with Crippen LogP contribution in [0.1, 0.15) is 45.1 Å². The molecule has 3 heteroatoms. The Bertz CT molecular complexity index is 359. The molecule has 0 aliphatic heterocycles. The van der Waals surface area contributed by atoms with Crippen molar-refractivity contribution in [2.75, 3.05) is 5.75 Å². The fourth-order valence-electron chi connectivity index (χ4n) is 2.38. The van der Waals surface area contributed by atoms with E-state index in [1.165, 1.54) is 42.0 Å². The van der Waals surface area contributed by atoms with Crippen LogP contribution in [0, 0.1) is 5.92 Å². The summed E-state index contributed by atoms with van der Waals surface area (Å²) in [6.45, 7) is 5.29. The lowest BCUT2D eigenvalue weighted by molar-refractivity contribution is 0.582. The lowest BCUT2D eigenvalue weighted by Gasteiger charge is -2.13. The molecule has 1 aliphatic rings. The summed E-state index contributed by atoms with van der Waals surface area (Å²) in [5, 5.41) is 4.70. The molecule has 1 saturated carbocycles. The maximum atomic E-state index is 4.54. The van der Waals surface area contributed by atoms with Crippen LogP contribution in [0.3, 0.4) is 0 Å². The Morgan fingerprint density at radius 3 is 2.89 bits per heavy atom. The van der Waals surface area contributed by atoms with Crippen molar-refractivity contribution in [3.63, 3.8) is 0 Å². The highest BCUT2D eigenvalue weighted by Crippen LogP contribution is 2.31. The maximum Gasteiger partial charge on any atom is 0.100 e. The van der Waals surface area contributed by atoms with Crippen LogP contribution in [-0.4, -0.2) is 16.8 Å². The molecule has 0 saturated heterocycles. The number of nitrogens with zero attached hydrogens (tertiary/aromatic N) is 1. The minimum atomic E-state index is 0.526. The molecule has 2 rings (SSSR count). The highest BCUT2D eigenvalue weighted by Gasteiger charge is 2.16. The summed E-state index contributed by atoms with van der Waals surface area (Å²) >= 11 is 1.94. The lowest BCUT2D eigenvalue weighted by atomic mass is 10.1. The molecule has 100 valence electrons. The maximum absolute atomic E-state index is 4.54. The van der Waals surface area contributed by atoms with E-state index in [2.05, 4.69) is 30.2 Å². The van der Waals surface area contributed by atoms with E-state index in [1.807, 2.05) is 24.0 Å². The van der Waals surface area contributed by atoms with Crippen molar-refractivity contribution in [3.8, 4) is 0 Å². The molecule has 1 aliphatic carbocycles. The summed E-state index contributed by atoms with van der Waals surface area (Å²) in [5.74, 6) is 2.16. The number of rotatable bonds is 6. The van der Waals surface area contributed by atoms with Crippen LogP contribution in [-0.2, 0) is 6.54 Å². The minimum Gasteiger partial charge on any atom is -0.310 e. The Balaban J connectivity index is 1.89. The van der Waals surface area contributed by atoms with Crippen LogP contribution in [0.5, 0.6) is 0 Å². The number of aromatic nitrogens is 1. The van der Waals surface area contributed by atoms with Crippen LogP contribution in [0.4, 0.5) is 0 Å². The van der Waals surface area contributed by atoms with Gasteiger partial charge in [-0.3, -0.25) is 0 Å². The Morgan fingerprint density at radius 1 is 1.39 bits per heavy atom. The zero-order valence-electron chi connectivity index (χ0n) is 11.5. The number of thioether (sulfide) groups is 1. The first-order chi connectivity index (χ1) is 8.75. The first-order valence-electron chi connectivity index (χ1n) is 7.06. The summed E-state index contributed by atoms with van der Waals surface area (Å²) < 4.78 is 0. The monoisotopic (exact) mass is 264 g/mol. The summed E-state index contributed by atoms with van der Waals surface area (Å²) in [7, 11) is 0. The van der Waals surface area contributed by atoms with E-state index >= 15 is 0 Å². The highest BCUT2D eigenvalue weighted by molar-refractivity contribution is 7.99. The molecule has 0 unspecified atom stereocenters. The molecule has 2 nitrogen and oxygen atoms in total. The lowest BCUT2D eigenvalue weighted by Crippen LogP contribution is -2.22. The van der Waals surface area contributed by atoms with Gasteiger partial charge in [-0.25, -0.2) is 4.98 Å². The molecule has 0 bridgehead atoms. The summed E-state index contributed by atoms with van der Waals surface area (Å²) in [4.78, 5) is 4.54. The second-order valence-electron chi connectivity index (χ2n) is 5.46. The average Bonchev–Trinajstić information content (AvgIpc) is 2.88. The van der Waals surface area contributed by atoms with Crippen LogP contribution < -0.4 is 5.32 Å². The Kier molecular flexibility index (Phi) is 5.51. The van der Waals surface area contributed by atoms with Crippen molar-refractivity contribution in [3.05, 3.63) is 23.9 Å². The number of pyridine rings is 1. The van der Waals surface area contributed by atoms with Gasteiger partial charge in [-0.2, -0.15) is 0 Å². The summed E-state index contributed by atoms with van der Waals surface area (Å²) in [6.07, 6.45) is 7.60. The fraction of sp³-hybridized carbons (Fsp3) is 0.667. The van der Waals surface area contributed by atoms with Gasteiger partial charge in [0.1, 0.15) is 5.03 Å². The Hall–Kier alpha value is -0.540. The third kappa shape index (κ3) is 4.29. The number of hydrogen-bond acceptors (Lipinski definition) is 3. The quantitative estimate of drug-likeness (QED) is 0.790. The summed E-state index contributed by atoms with van der Waals surface area (Å²) in [5.41, 5.74) is 1.34. The van der Waals surface area contributed by atoms with Crippen LogP contribution in [0.25, 0.3) is 0 Å². The second-order valence-corrected chi connectivity index (χ2v) is 6.47. The Morgan fingerprint density at radius 2 is 2.17 bits per heavy atom. The van der Waals surface area contributed by atoms with E-state index in [4.69, 9.17) is 0 Å². The molecule has 1 fully saturated rings. The van der Waals surface area contributed by atoms with Gasteiger partial charge in [0.05, 0.1) is 0 Å². The zero-order valence-corrected chi connectivity index (χ0v) is 12.3. The molecule has 18 heavy (non-hydrogen) atoms. The molecule has 0 atom stereocenters. The van der Waals surface area contributed by atoms with Crippen molar-refractivity contribution in [1.82, 2.24) is 10.3 Å². The predicted octanol–water partition coefficient (Wildman–Crippen LogP) is 3.86. The number of nitrogens with one attached hydrogen (secondary N) is 1. The van der Waals surface area contributed by atoms with Gasteiger partial charge in [0.2, 0.25) is 0 Å². The molecular weight excluding hydrogens is 240 g/mol. The molecule has 1 N–H and O–H groups in total. The molecule has 1 aromatic heterocycles. The van der Waals surface area contributed by atoms with Crippen molar-refractivity contribution in [1.29, 1.82) is 0 Å². The van der Waals surface area contributed by atoms with Crippen LogP contribution >= 0.6 is 11.8 Å². The van der Waals surface area contributed by atoms with E-state index in [9.17, 15) is 0 Å².